The molecular formula is C21H19ClN4O2S. The van der Waals surface area contributed by atoms with Crippen molar-refractivity contribution in [3.8, 4) is 6.07 Å². The van der Waals surface area contributed by atoms with E-state index in [9.17, 15) is 9.59 Å². The summed E-state index contributed by atoms with van der Waals surface area (Å²) in [6.07, 6.45) is 4.58. The number of thiophene rings is 1. The molecule has 0 saturated heterocycles. The zero-order chi connectivity index (χ0) is 20.5. The van der Waals surface area contributed by atoms with Crippen LogP contribution < -0.4 is 10.5 Å². The van der Waals surface area contributed by atoms with Gasteiger partial charge in [0.1, 0.15) is 11.4 Å². The largest absolute Gasteiger partial charge is 0.310 e. The molecule has 148 valence electrons. The number of amides is 1. The minimum absolute atomic E-state index is 0.126. The molecular weight excluding hydrogens is 408 g/mol. The first kappa shape index (κ1) is 19.6. The van der Waals surface area contributed by atoms with Crippen LogP contribution in [0.4, 0.5) is 5.69 Å². The van der Waals surface area contributed by atoms with Crippen LogP contribution in [0.3, 0.4) is 0 Å². The number of carbonyl (C=O) groups is 1. The van der Waals surface area contributed by atoms with Crippen molar-refractivity contribution in [1.29, 1.82) is 5.26 Å². The fourth-order valence-electron chi connectivity index (χ4n) is 3.72. The van der Waals surface area contributed by atoms with Gasteiger partial charge in [0, 0.05) is 22.1 Å². The van der Waals surface area contributed by atoms with Gasteiger partial charge in [0.15, 0.2) is 0 Å². The Labute approximate surface area is 177 Å². The number of rotatable bonds is 5. The molecule has 1 aliphatic rings. The van der Waals surface area contributed by atoms with Gasteiger partial charge in [0.2, 0.25) is 5.91 Å². The van der Waals surface area contributed by atoms with E-state index in [1.807, 2.05) is 13.0 Å². The van der Waals surface area contributed by atoms with Crippen LogP contribution in [0, 0.1) is 18.3 Å². The highest BCUT2D eigenvalue weighted by Crippen LogP contribution is 2.34. The first-order chi connectivity index (χ1) is 14.0. The predicted molar refractivity (Wildman–Crippen MR) is 115 cm³/mol. The molecule has 2 aromatic heterocycles. The molecule has 0 saturated carbocycles. The molecule has 2 heterocycles. The second-order valence-electron chi connectivity index (χ2n) is 7.10. The highest BCUT2D eigenvalue weighted by molar-refractivity contribution is 7.18. The average Bonchev–Trinajstić information content (AvgIpc) is 3.28. The number of aryl methyl sites for hydroxylation is 3. The lowest BCUT2D eigenvalue weighted by Gasteiger charge is -2.23. The van der Waals surface area contributed by atoms with Crippen molar-refractivity contribution in [1.82, 2.24) is 9.55 Å². The molecule has 0 radical (unpaired) electrons. The quantitative estimate of drug-likeness (QED) is 0.620. The van der Waals surface area contributed by atoms with Crippen LogP contribution in [-0.2, 0) is 24.2 Å². The second kappa shape index (κ2) is 7.97. The first-order valence-corrected chi connectivity index (χ1v) is 10.6. The van der Waals surface area contributed by atoms with Crippen molar-refractivity contribution in [2.75, 3.05) is 11.4 Å². The van der Waals surface area contributed by atoms with Crippen LogP contribution in [0.5, 0.6) is 0 Å². The van der Waals surface area contributed by atoms with Gasteiger partial charge in [-0.05, 0) is 55.5 Å². The molecule has 4 rings (SSSR count). The summed E-state index contributed by atoms with van der Waals surface area (Å²) < 4.78 is 1.37. The molecule has 0 atom stereocenters. The number of fused-ring (bicyclic) bond motifs is 3. The van der Waals surface area contributed by atoms with E-state index in [0.29, 0.717) is 16.1 Å². The second-order valence-corrected chi connectivity index (χ2v) is 8.59. The summed E-state index contributed by atoms with van der Waals surface area (Å²) >= 11 is 7.68. The van der Waals surface area contributed by atoms with Crippen LogP contribution in [-0.4, -0.2) is 22.0 Å². The molecule has 8 heteroatoms. The van der Waals surface area contributed by atoms with Gasteiger partial charge >= 0.3 is 0 Å². The van der Waals surface area contributed by atoms with Crippen molar-refractivity contribution in [2.45, 2.75) is 39.2 Å². The van der Waals surface area contributed by atoms with Gasteiger partial charge in [0.25, 0.3) is 5.56 Å². The van der Waals surface area contributed by atoms with E-state index in [-0.39, 0.29) is 31.0 Å². The van der Waals surface area contributed by atoms with E-state index in [1.54, 1.807) is 23.5 Å². The third-order valence-electron chi connectivity index (χ3n) is 5.20. The number of hydrogen-bond donors (Lipinski definition) is 0. The number of aromatic nitrogens is 2. The number of nitrogens with zero attached hydrogens (tertiary/aromatic N) is 4. The minimum atomic E-state index is -0.267. The fraction of sp³-hybridized carbons (Fsp3) is 0.333. The van der Waals surface area contributed by atoms with Gasteiger partial charge in [-0.2, -0.15) is 5.26 Å². The number of anilines is 1. The standard InChI is InChI=1S/C21H19ClN4O2S/c1-13-10-14(6-7-16(13)22)26(9-3-8-23)18(27)11-25-12-24-20-19(21(25)28)15-4-2-5-17(15)29-20/h6-7,10,12H,2-5,9,11H2,1H3. The Bertz CT molecular complexity index is 1210. The zero-order valence-electron chi connectivity index (χ0n) is 15.9. The Morgan fingerprint density at radius 2 is 2.24 bits per heavy atom. The Morgan fingerprint density at radius 1 is 1.41 bits per heavy atom. The Morgan fingerprint density at radius 3 is 3.00 bits per heavy atom. The Balaban J connectivity index is 1.67. The molecule has 1 aliphatic carbocycles. The highest BCUT2D eigenvalue weighted by atomic mass is 35.5. The van der Waals surface area contributed by atoms with Gasteiger partial charge in [-0.3, -0.25) is 14.2 Å². The Kier molecular flexibility index (Phi) is 5.39. The molecule has 6 nitrogen and oxygen atoms in total. The van der Waals surface area contributed by atoms with Crippen LogP contribution >= 0.6 is 22.9 Å². The molecule has 29 heavy (non-hydrogen) atoms. The van der Waals surface area contributed by atoms with E-state index in [4.69, 9.17) is 16.9 Å². The molecule has 1 aromatic carbocycles. The van der Waals surface area contributed by atoms with Crippen molar-refractivity contribution < 1.29 is 4.79 Å². The maximum Gasteiger partial charge on any atom is 0.262 e. The summed E-state index contributed by atoms with van der Waals surface area (Å²) in [7, 11) is 0. The molecule has 0 fully saturated rings. The van der Waals surface area contributed by atoms with Crippen molar-refractivity contribution in [3.63, 3.8) is 0 Å². The summed E-state index contributed by atoms with van der Waals surface area (Å²) in [4.78, 5) is 34.1. The van der Waals surface area contributed by atoms with E-state index in [0.717, 1.165) is 35.2 Å². The lowest BCUT2D eigenvalue weighted by Crippen LogP contribution is -2.37. The van der Waals surface area contributed by atoms with Gasteiger partial charge in [-0.15, -0.1) is 11.3 Å². The summed E-state index contributed by atoms with van der Waals surface area (Å²) in [6, 6.07) is 7.37. The van der Waals surface area contributed by atoms with Crippen LogP contribution in [0.15, 0.2) is 29.3 Å². The molecule has 3 aromatic rings. The molecule has 0 unspecified atom stereocenters. The van der Waals surface area contributed by atoms with Crippen LogP contribution in [0.1, 0.15) is 28.8 Å². The topological polar surface area (TPSA) is 79.0 Å². The normalized spacial score (nSPS) is 12.7. The van der Waals surface area contributed by atoms with Crippen LogP contribution in [0.2, 0.25) is 5.02 Å². The summed E-state index contributed by atoms with van der Waals surface area (Å²) in [5, 5.41) is 10.3. The van der Waals surface area contributed by atoms with Gasteiger partial charge < -0.3 is 4.90 Å². The highest BCUT2D eigenvalue weighted by Gasteiger charge is 2.23. The number of hydrogen-bond acceptors (Lipinski definition) is 5. The van der Waals surface area contributed by atoms with E-state index < -0.39 is 0 Å². The van der Waals surface area contributed by atoms with Crippen molar-refractivity contribution in [3.05, 3.63) is 55.9 Å². The Hall–Kier alpha value is -2.69. The average molecular weight is 427 g/mol. The number of halogens is 1. The first-order valence-electron chi connectivity index (χ1n) is 9.42. The van der Waals surface area contributed by atoms with E-state index in [2.05, 4.69) is 11.1 Å². The summed E-state index contributed by atoms with van der Waals surface area (Å²) in [5.41, 5.74) is 2.42. The third kappa shape index (κ3) is 3.66. The van der Waals surface area contributed by atoms with E-state index in [1.165, 1.54) is 20.7 Å². The monoisotopic (exact) mass is 426 g/mol. The van der Waals surface area contributed by atoms with Crippen molar-refractivity contribution in [2.24, 2.45) is 0 Å². The maximum absolute atomic E-state index is 13.1. The molecule has 0 N–H and O–H groups in total. The number of carbonyl (C=O) groups excluding carboxylic acids is 1. The molecule has 0 aliphatic heterocycles. The van der Waals surface area contributed by atoms with Gasteiger partial charge in [-0.25, -0.2) is 4.98 Å². The predicted octanol–water partition coefficient (Wildman–Crippen LogP) is 3.86. The number of benzene rings is 1. The fourth-order valence-corrected chi connectivity index (χ4v) is 5.06. The lowest BCUT2D eigenvalue weighted by molar-refractivity contribution is -0.119. The smallest absolute Gasteiger partial charge is 0.262 e. The molecule has 1 amide bonds. The molecule has 0 bridgehead atoms. The lowest BCUT2D eigenvalue weighted by atomic mass is 10.2. The van der Waals surface area contributed by atoms with Crippen LogP contribution in [0.25, 0.3) is 10.2 Å². The van der Waals surface area contributed by atoms with Gasteiger partial charge in [0.05, 0.1) is 24.2 Å². The maximum atomic E-state index is 13.1. The minimum Gasteiger partial charge on any atom is -0.310 e. The van der Waals surface area contributed by atoms with E-state index >= 15 is 0 Å². The van der Waals surface area contributed by atoms with Crippen molar-refractivity contribution >= 4 is 44.7 Å². The summed E-state index contributed by atoms with van der Waals surface area (Å²) in [6.45, 7) is 1.98. The third-order valence-corrected chi connectivity index (χ3v) is 6.82. The zero-order valence-corrected chi connectivity index (χ0v) is 17.5. The SMILES string of the molecule is Cc1cc(N(CCC#N)C(=O)Cn2cnc3sc4c(c3c2=O)CCC4)ccc1Cl. The van der Waals surface area contributed by atoms with Gasteiger partial charge in [-0.1, -0.05) is 11.6 Å². The number of nitriles is 1. The summed E-state index contributed by atoms with van der Waals surface area (Å²) in [5.74, 6) is -0.267. The molecule has 0 spiro atoms.